The third-order valence-corrected chi connectivity index (χ3v) is 4.31. The van der Waals surface area contributed by atoms with Gasteiger partial charge in [0.15, 0.2) is 0 Å². The second kappa shape index (κ2) is 7.65. The quantitative estimate of drug-likeness (QED) is 0.928. The zero-order chi connectivity index (χ0) is 13.8. The minimum Gasteiger partial charge on any atom is -0.342 e. The molecule has 0 aromatic heterocycles. The van der Waals surface area contributed by atoms with Gasteiger partial charge in [0.2, 0.25) is 5.91 Å². The van der Waals surface area contributed by atoms with Crippen LogP contribution in [0.1, 0.15) is 43.2 Å². The van der Waals surface area contributed by atoms with E-state index in [0.29, 0.717) is 18.9 Å². The lowest BCUT2D eigenvalue weighted by Crippen LogP contribution is -2.40. The first kappa shape index (κ1) is 17.0. The highest BCUT2D eigenvalue weighted by Gasteiger charge is 2.24. The van der Waals surface area contributed by atoms with Crippen molar-refractivity contribution in [1.29, 1.82) is 0 Å². The molecule has 0 saturated heterocycles. The van der Waals surface area contributed by atoms with Crippen LogP contribution in [0.4, 0.5) is 0 Å². The van der Waals surface area contributed by atoms with E-state index in [9.17, 15) is 4.79 Å². The first-order valence-electron chi connectivity index (χ1n) is 7.17. The van der Waals surface area contributed by atoms with Crippen molar-refractivity contribution in [3.05, 3.63) is 35.4 Å². The average molecular weight is 297 g/mol. The summed E-state index contributed by atoms with van der Waals surface area (Å²) in [6.07, 6.45) is 4.06. The number of fused-ring (bicyclic) bond motifs is 1. The van der Waals surface area contributed by atoms with Gasteiger partial charge in [0.05, 0.1) is 0 Å². The lowest BCUT2D eigenvalue weighted by molar-refractivity contribution is -0.132. The van der Waals surface area contributed by atoms with Gasteiger partial charge in [-0.05, 0) is 43.2 Å². The predicted octanol–water partition coefficient (Wildman–Crippen LogP) is 2.72. The highest BCUT2D eigenvalue weighted by atomic mass is 35.5. The fourth-order valence-corrected chi connectivity index (χ4v) is 2.83. The van der Waals surface area contributed by atoms with Gasteiger partial charge in [0.25, 0.3) is 0 Å². The van der Waals surface area contributed by atoms with Gasteiger partial charge < -0.3 is 10.6 Å². The number of rotatable bonds is 4. The van der Waals surface area contributed by atoms with E-state index in [1.165, 1.54) is 17.5 Å². The third kappa shape index (κ3) is 3.74. The molecule has 112 valence electrons. The van der Waals surface area contributed by atoms with Crippen molar-refractivity contribution in [2.75, 3.05) is 13.6 Å². The van der Waals surface area contributed by atoms with Crippen molar-refractivity contribution < 1.29 is 4.79 Å². The number of halogens is 1. The molecule has 2 unspecified atom stereocenters. The molecule has 0 radical (unpaired) electrons. The van der Waals surface area contributed by atoms with Gasteiger partial charge in [-0.15, -0.1) is 12.4 Å². The molecule has 0 bridgehead atoms. The second-order valence-corrected chi connectivity index (χ2v) is 5.58. The molecule has 2 N–H and O–H groups in total. The van der Waals surface area contributed by atoms with Crippen LogP contribution in [0.3, 0.4) is 0 Å². The molecule has 3 nitrogen and oxygen atoms in total. The van der Waals surface area contributed by atoms with E-state index >= 15 is 0 Å². The van der Waals surface area contributed by atoms with Crippen molar-refractivity contribution in [2.24, 2.45) is 5.73 Å². The van der Waals surface area contributed by atoms with Crippen molar-refractivity contribution in [3.63, 3.8) is 0 Å². The van der Waals surface area contributed by atoms with Gasteiger partial charge in [0, 0.05) is 26.1 Å². The number of carbonyl (C=O) groups is 1. The minimum absolute atomic E-state index is 0. The summed E-state index contributed by atoms with van der Waals surface area (Å²) in [7, 11) is 1.86. The number of nitrogens with two attached hydrogens (primary N) is 1. The molecule has 0 saturated carbocycles. The van der Waals surface area contributed by atoms with Crippen LogP contribution in [0.25, 0.3) is 0 Å². The van der Waals surface area contributed by atoms with Crippen LogP contribution in [0.2, 0.25) is 0 Å². The molecule has 1 aliphatic carbocycles. The third-order valence-electron chi connectivity index (χ3n) is 4.31. The number of hydrogen-bond donors (Lipinski definition) is 1. The molecule has 2 rings (SSSR count). The number of nitrogens with zero attached hydrogens (tertiary/aromatic N) is 1. The van der Waals surface area contributed by atoms with Gasteiger partial charge in [-0.25, -0.2) is 0 Å². The van der Waals surface area contributed by atoms with E-state index < -0.39 is 0 Å². The Morgan fingerprint density at radius 2 is 2.15 bits per heavy atom. The van der Waals surface area contributed by atoms with Crippen LogP contribution >= 0.6 is 12.4 Å². The standard InChI is InChI=1S/C16H24N2O.ClH/c1-12(11-17)18(2)16(19)10-14-8-5-7-13-6-3-4-9-15(13)14;/h3-4,6,9,12,14H,5,7-8,10-11,17H2,1-2H3;1H. The Morgan fingerprint density at radius 1 is 1.45 bits per heavy atom. The Bertz CT molecular complexity index is 450. The summed E-state index contributed by atoms with van der Waals surface area (Å²) in [6.45, 7) is 2.51. The fraction of sp³-hybridized carbons (Fsp3) is 0.562. The van der Waals surface area contributed by atoms with Gasteiger partial charge in [0.1, 0.15) is 0 Å². The molecule has 0 fully saturated rings. The van der Waals surface area contributed by atoms with Crippen molar-refractivity contribution in [2.45, 2.75) is 44.6 Å². The molecule has 0 aliphatic heterocycles. The number of amides is 1. The Kier molecular flexibility index (Phi) is 6.50. The van der Waals surface area contributed by atoms with Crippen LogP contribution in [0.5, 0.6) is 0 Å². The number of aryl methyl sites for hydroxylation is 1. The predicted molar refractivity (Wildman–Crippen MR) is 85.3 cm³/mol. The molecular weight excluding hydrogens is 272 g/mol. The van der Waals surface area contributed by atoms with E-state index in [0.717, 1.165) is 12.8 Å². The maximum Gasteiger partial charge on any atom is 0.223 e. The first-order valence-corrected chi connectivity index (χ1v) is 7.17. The molecular formula is C16H25ClN2O. The Labute approximate surface area is 127 Å². The summed E-state index contributed by atoms with van der Waals surface area (Å²) >= 11 is 0. The van der Waals surface area contributed by atoms with Crippen LogP contribution in [-0.2, 0) is 11.2 Å². The highest BCUT2D eigenvalue weighted by Crippen LogP contribution is 2.34. The molecule has 4 heteroatoms. The lowest BCUT2D eigenvalue weighted by Gasteiger charge is -2.29. The van der Waals surface area contributed by atoms with Crippen LogP contribution in [0, 0.1) is 0 Å². The summed E-state index contributed by atoms with van der Waals surface area (Å²) < 4.78 is 0. The van der Waals surface area contributed by atoms with Gasteiger partial charge in [-0.1, -0.05) is 24.3 Å². The summed E-state index contributed by atoms with van der Waals surface area (Å²) in [4.78, 5) is 14.1. The molecule has 1 aromatic carbocycles. The zero-order valence-electron chi connectivity index (χ0n) is 12.3. The maximum atomic E-state index is 12.3. The van der Waals surface area contributed by atoms with Crippen LogP contribution in [0.15, 0.2) is 24.3 Å². The molecule has 0 heterocycles. The molecule has 1 amide bonds. The largest absolute Gasteiger partial charge is 0.342 e. The highest BCUT2D eigenvalue weighted by molar-refractivity contribution is 5.85. The van der Waals surface area contributed by atoms with E-state index in [1.807, 2.05) is 14.0 Å². The number of hydrogen-bond acceptors (Lipinski definition) is 2. The van der Waals surface area contributed by atoms with Crippen molar-refractivity contribution in [1.82, 2.24) is 4.90 Å². The summed E-state index contributed by atoms with van der Waals surface area (Å²) in [6, 6.07) is 8.66. The fourth-order valence-electron chi connectivity index (χ4n) is 2.83. The van der Waals surface area contributed by atoms with Gasteiger partial charge in [-0.2, -0.15) is 0 Å². The van der Waals surface area contributed by atoms with E-state index in [2.05, 4.69) is 24.3 Å². The Balaban J connectivity index is 0.00000200. The average Bonchev–Trinajstić information content (AvgIpc) is 2.46. The molecule has 1 aliphatic rings. The van der Waals surface area contributed by atoms with Crippen LogP contribution < -0.4 is 5.73 Å². The Hall–Kier alpha value is -1.06. The number of benzene rings is 1. The van der Waals surface area contributed by atoms with Crippen LogP contribution in [-0.4, -0.2) is 30.4 Å². The minimum atomic E-state index is 0. The summed E-state index contributed by atoms with van der Waals surface area (Å²) in [5.74, 6) is 0.588. The number of carbonyl (C=O) groups excluding carboxylic acids is 1. The Morgan fingerprint density at radius 3 is 2.85 bits per heavy atom. The van der Waals surface area contributed by atoms with E-state index in [-0.39, 0.29) is 24.4 Å². The normalized spacial score (nSPS) is 18.6. The van der Waals surface area contributed by atoms with Crippen molar-refractivity contribution in [3.8, 4) is 0 Å². The smallest absolute Gasteiger partial charge is 0.223 e. The van der Waals surface area contributed by atoms with E-state index in [1.54, 1.807) is 4.90 Å². The van der Waals surface area contributed by atoms with Gasteiger partial charge >= 0.3 is 0 Å². The lowest BCUT2D eigenvalue weighted by atomic mass is 9.81. The van der Waals surface area contributed by atoms with Crippen molar-refractivity contribution >= 4 is 18.3 Å². The van der Waals surface area contributed by atoms with E-state index in [4.69, 9.17) is 5.73 Å². The molecule has 1 aromatic rings. The second-order valence-electron chi connectivity index (χ2n) is 5.58. The molecule has 0 spiro atoms. The summed E-state index contributed by atoms with van der Waals surface area (Å²) in [5.41, 5.74) is 8.42. The SMILES string of the molecule is CC(CN)N(C)C(=O)CC1CCCc2ccccc21.Cl. The zero-order valence-corrected chi connectivity index (χ0v) is 13.2. The molecule has 20 heavy (non-hydrogen) atoms. The maximum absolute atomic E-state index is 12.3. The monoisotopic (exact) mass is 296 g/mol. The topological polar surface area (TPSA) is 46.3 Å². The number of likely N-dealkylation sites (N-methyl/N-ethyl adjacent to an activating group) is 1. The summed E-state index contributed by atoms with van der Waals surface area (Å²) in [5, 5.41) is 0. The molecule has 2 atom stereocenters. The first-order chi connectivity index (χ1) is 9.13. The van der Waals surface area contributed by atoms with Gasteiger partial charge in [-0.3, -0.25) is 4.79 Å².